The van der Waals surface area contributed by atoms with E-state index in [1.807, 2.05) is 4.57 Å². The molecule has 1 aromatic carbocycles. The number of imidazole rings is 1. The standard InChI is InChI=1S/C21H27N7O2/c1-23-18-17(19(29)24(2)21(23)30)28-15-14-27(20(28)22-18)13-10-25-8-11-26(12-9-25)16-6-4-3-5-7-16/h3-7H,8-15H2,1-2H3. The van der Waals surface area contributed by atoms with Gasteiger partial charge in [-0.05, 0) is 12.1 Å². The zero-order valence-electron chi connectivity index (χ0n) is 17.5. The Morgan fingerprint density at radius 3 is 2.33 bits per heavy atom. The van der Waals surface area contributed by atoms with Gasteiger partial charge < -0.3 is 14.4 Å². The molecule has 158 valence electrons. The fourth-order valence-electron chi connectivity index (χ4n) is 4.55. The van der Waals surface area contributed by atoms with Crippen LogP contribution in [0.4, 0.5) is 11.6 Å². The molecule has 2 aromatic heterocycles. The first kappa shape index (κ1) is 18.9. The smallest absolute Gasteiger partial charge is 0.332 e. The molecule has 0 spiro atoms. The lowest BCUT2D eigenvalue weighted by Gasteiger charge is -2.36. The maximum atomic E-state index is 12.6. The lowest BCUT2D eigenvalue weighted by molar-refractivity contribution is 0.263. The number of hydrogen-bond donors (Lipinski definition) is 0. The molecule has 1 saturated heterocycles. The number of hydrogen-bond acceptors (Lipinski definition) is 6. The molecule has 0 bridgehead atoms. The van der Waals surface area contributed by atoms with Crippen molar-refractivity contribution in [3.63, 3.8) is 0 Å². The lowest BCUT2D eigenvalue weighted by atomic mass is 10.2. The van der Waals surface area contributed by atoms with Gasteiger partial charge in [-0.3, -0.25) is 18.8 Å². The van der Waals surface area contributed by atoms with Crippen LogP contribution in [0, 0.1) is 0 Å². The minimum Gasteiger partial charge on any atom is -0.369 e. The van der Waals surface area contributed by atoms with Crippen LogP contribution in [-0.2, 0) is 20.6 Å². The molecule has 0 atom stereocenters. The fraction of sp³-hybridized carbons (Fsp3) is 0.476. The monoisotopic (exact) mass is 409 g/mol. The summed E-state index contributed by atoms with van der Waals surface area (Å²) in [6, 6.07) is 10.6. The largest absolute Gasteiger partial charge is 0.369 e. The molecule has 0 aliphatic carbocycles. The molecule has 9 nitrogen and oxygen atoms in total. The van der Waals surface area contributed by atoms with E-state index in [9.17, 15) is 9.59 Å². The summed E-state index contributed by atoms with van der Waals surface area (Å²) in [7, 11) is 3.19. The lowest BCUT2D eigenvalue weighted by Crippen LogP contribution is -2.48. The number of piperazine rings is 1. The Balaban J connectivity index is 1.28. The summed E-state index contributed by atoms with van der Waals surface area (Å²) >= 11 is 0. The maximum absolute atomic E-state index is 12.6. The summed E-state index contributed by atoms with van der Waals surface area (Å²) in [6.07, 6.45) is 0. The molecule has 0 N–H and O–H groups in total. The van der Waals surface area contributed by atoms with Crippen molar-refractivity contribution >= 4 is 22.8 Å². The normalized spacial score (nSPS) is 17.1. The predicted molar refractivity (Wildman–Crippen MR) is 118 cm³/mol. The van der Waals surface area contributed by atoms with Crippen molar-refractivity contribution < 1.29 is 0 Å². The van der Waals surface area contributed by atoms with E-state index in [1.54, 1.807) is 7.05 Å². The van der Waals surface area contributed by atoms with Crippen LogP contribution < -0.4 is 21.0 Å². The van der Waals surface area contributed by atoms with E-state index in [4.69, 9.17) is 0 Å². The summed E-state index contributed by atoms with van der Waals surface area (Å²) < 4.78 is 4.58. The van der Waals surface area contributed by atoms with Crippen LogP contribution in [0.15, 0.2) is 39.9 Å². The van der Waals surface area contributed by atoms with Crippen LogP contribution in [0.1, 0.15) is 0 Å². The molecule has 5 rings (SSSR count). The van der Waals surface area contributed by atoms with Gasteiger partial charge in [-0.15, -0.1) is 0 Å². The van der Waals surface area contributed by atoms with E-state index in [1.165, 1.54) is 17.3 Å². The molecule has 4 heterocycles. The van der Waals surface area contributed by atoms with Gasteiger partial charge in [0, 0.05) is 72.1 Å². The Bertz CT molecular complexity index is 1190. The number of benzene rings is 1. The number of rotatable bonds is 4. The number of para-hydroxylation sites is 1. The second kappa shape index (κ2) is 7.32. The Morgan fingerprint density at radius 1 is 0.867 bits per heavy atom. The summed E-state index contributed by atoms with van der Waals surface area (Å²) in [5.41, 5.74) is 1.67. The number of fused-ring (bicyclic) bond motifs is 3. The SMILES string of the molecule is Cn1c(=O)c2c(nc3n2CCN3CCN2CCN(c3ccccc3)CC2)n(C)c1=O. The zero-order chi connectivity index (χ0) is 20.8. The van der Waals surface area contributed by atoms with Crippen LogP contribution in [-0.4, -0.2) is 69.4 Å². The first-order valence-electron chi connectivity index (χ1n) is 10.5. The second-order valence-electron chi connectivity index (χ2n) is 8.09. The molecule has 3 aromatic rings. The van der Waals surface area contributed by atoms with Gasteiger partial charge in [-0.2, -0.15) is 4.98 Å². The van der Waals surface area contributed by atoms with Crippen molar-refractivity contribution in [2.75, 3.05) is 55.6 Å². The van der Waals surface area contributed by atoms with Gasteiger partial charge in [-0.25, -0.2) is 4.79 Å². The van der Waals surface area contributed by atoms with Gasteiger partial charge >= 0.3 is 5.69 Å². The zero-order valence-corrected chi connectivity index (χ0v) is 17.5. The maximum Gasteiger partial charge on any atom is 0.332 e. The molecule has 0 radical (unpaired) electrons. The molecule has 0 amide bonds. The Labute approximate surface area is 174 Å². The highest BCUT2D eigenvalue weighted by Crippen LogP contribution is 2.24. The molecular formula is C21H27N7O2. The first-order valence-corrected chi connectivity index (χ1v) is 10.5. The van der Waals surface area contributed by atoms with Gasteiger partial charge in [0.05, 0.1) is 0 Å². The highest BCUT2D eigenvalue weighted by atomic mass is 16.2. The third kappa shape index (κ3) is 3.00. The van der Waals surface area contributed by atoms with Crippen LogP contribution in [0.25, 0.3) is 11.2 Å². The number of nitrogens with zero attached hydrogens (tertiary/aromatic N) is 7. The quantitative estimate of drug-likeness (QED) is 0.608. The number of aromatic nitrogens is 4. The molecule has 2 aliphatic rings. The molecule has 0 unspecified atom stereocenters. The third-order valence-electron chi connectivity index (χ3n) is 6.38. The average Bonchev–Trinajstić information content (AvgIpc) is 3.35. The Morgan fingerprint density at radius 2 is 1.60 bits per heavy atom. The summed E-state index contributed by atoms with van der Waals surface area (Å²) in [6.45, 7) is 7.52. The van der Waals surface area contributed by atoms with Gasteiger partial charge in [0.25, 0.3) is 5.56 Å². The average molecular weight is 409 g/mol. The Hall–Kier alpha value is -3.07. The van der Waals surface area contributed by atoms with Crippen LogP contribution in [0.2, 0.25) is 0 Å². The molecule has 2 aliphatic heterocycles. The van der Waals surface area contributed by atoms with Gasteiger partial charge in [0.1, 0.15) is 0 Å². The van der Waals surface area contributed by atoms with E-state index in [2.05, 4.69) is 50.0 Å². The van der Waals surface area contributed by atoms with Crippen LogP contribution in [0.3, 0.4) is 0 Å². The van der Waals surface area contributed by atoms with Crippen LogP contribution in [0.5, 0.6) is 0 Å². The van der Waals surface area contributed by atoms with Crippen molar-refractivity contribution in [2.24, 2.45) is 14.1 Å². The minimum absolute atomic E-state index is 0.272. The minimum atomic E-state index is -0.341. The molecule has 30 heavy (non-hydrogen) atoms. The highest BCUT2D eigenvalue weighted by Gasteiger charge is 2.28. The molecular weight excluding hydrogens is 382 g/mol. The topological polar surface area (TPSA) is 71.5 Å². The summed E-state index contributed by atoms with van der Waals surface area (Å²) in [5, 5.41) is 0. The predicted octanol–water partition coefficient (Wildman–Crippen LogP) is 0.0759. The van der Waals surface area contributed by atoms with E-state index >= 15 is 0 Å². The van der Waals surface area contributed by atoms with Gasteiger partial charge in [-0.1, -0.05) is 18.2 Å². The van der Waals surface area contributed by atoms with Crippen molar-refractivity contribution in [1.82, 2.24) is 23.6 Å². The third-order valence-corrected chi connectivity index (χ3v) is 6.38. The van der Waals surface area contributed by atoms with E-state index in [0.29, 0.717) is 11.2 Å². The fourth-order valence-corrected chi connectivity index (χ4v) is 4.55. The number of aryl methyl sites for hydroxylation is 1. The van der Waals surface area contributed by atoms with Crippen LogP contribution >= 0.6 is 0 Å². The molecule has 1 fully saturated rings. The highest BCUT2D eigenvalue weighted by molar-refractivity contribution is 5.75. The van der Waals surface area contributed by atoms with Crippen molar-refractivity contribution in [1.29, 1.82) is 0 Å². The molecule has 9 heteroatoms. The Kier molecular flexibility index (Phi) is 4.62. The summed E-state index contributed by atoms with van der Waals surface area (Å²) in [4.78, 5) is 36.7. The van der Waals surface area contributed by atoms with Crippen molar-refractivity contribution in [3.05, 3.63) is 51.2 Å². The second-order valence-corrected chi connectivity index (χ2v) is 8.09. The van der Waals surface area contributed by atoms with E-state index in [0.717, 1.165) is 62.9 Å². The summed E-state index contributed by atoms with van der Waals surface area (Å²) in [5.74, 6) is 0.797. The van der Waals surface area contributed by atoms with E-state index in [-0.39, 0.29) is 11.2 Å². The van der Waals surface area contributed by atoms with Crippen molar-refractivity contribution in [2.45, 2.75) is 6.54 Å². The first-order chi connectivity index (χ1) is 14.5. The number of anilines is 2. The van der Waals surface area contributed by atoms with Gasteiger partial charge in [0.15, 0.2) is 11.2 Å². The van der Waals surface area contributed by atoms with Crippen molar-refractivity contribution in [3.8, 4) is 0 Å². The molecule has 0 saturated carbocycles. The van der Waals surface area contributed by atoms with E-state index < -0.39 is 0 Å². The van der Waals surface area contributed by atoms with Gasteiger partial charge in [0.2, 0.25) is 5.95 Å².